The Morgan fingerprint density at radius 1 is 1.24 bits per heavy atom. The van der Waals surface area contributed by atoms with Crippen LogP contribution < -0.4 is 5.32 Å². The number of benzene rings is 1. The van der Waals surface area contributed by atoms with E-state index in [1.807, 2.05) is 14.0 Å². The van der Waals surface area contributed by atoms with Crippen LogP contribution in [0.5, 0.6) is 0 Å². The molecule has 0 amide bonds. The summed E-state index contributed by atoms with van der Waals surface area (Å²) in [4.78, 5) is 0. The van der Waals surface area contributed by atoms with Crippen molar-refractivity contribution in [3.8, 4) is 11.3 Å². The first-order valence-corrected chi connectivity index (χ1v) is 6.82. The minimum Gasteiger partial charge on any atom is -0.461 e. The molecule has 0 radical (unpaired) electrons. The minimum absolute atomic E-state index is 0.222. The molecule has 1 atom stereocenters. The van der Waals surface area contributed by atoms with E-state index in [0.29, 0.717) is 17.7 Å². The molecular formula is C15H15ClF3NO. The Hall–Kier alpha value is -1.46. The van der Waals surface area contributed by atoms with Crippen molar-refractivity contribution < 1.29 is 17.6 Å². The van der Waals surface area contributed by atoms with E-state index in [-0.39, 0.29) is 11.1 Å². The molecule has 1 aromatic heterocycles. The van der Waals surface area contributed by atoms with Crippen molar-refractivity contribution in [3.63, 3.8) is 0 Å². The fraction of sp³-hybridized carbons (Fsp3) is 0.333. The van der Waals surface area contributed by atoms with Gasteiger partial charge >= 0.3 is 6.18 Å². The van der Waals surface area contributed by atoms with Gasteiger partial charge in [-0.05, 0) is 44.3 Å². The number of furan rings is 1. The summed E-state index contributed by atoms with van der Waals surface area (Å²) in [7, 11) is 1.84. The Bertz CT molecular complexity index is 622. The smallest absolute Gasteiger partial charge is 0.417 e. The molecule has 2 rings (SSSR count). The number of hydrogen-bond acceptors (Lipinski definition) is 2. The van der Waals surface area contributed by atoms with Gasteiger partial charge in [0.25, 0.3) is 0 Å². The van der Waals surface area contributed by atoms with Gasteiger partial charge in [0.15, 0.2) is 0 Å². The van der Waals surface area contributed by atoms with Crippen LogP contribution in [0.2, 0.25) is 5.02 Å². The van der Waals surface area contributed by atoms with Crippen LogP contribution >= 0.6 is 11.6 Å². The van der Waals surface area contributed by atoms with E-state index in [1.165, 1.54) is 12.1 Å². The molecule has 0 aliphatic carbocycles. The molecule has 0 spiro atoms. The molecule has 1 heterocycles. The molecule has 114 valence electrons. The highest BCUT2D eigenvalue weighted by molar-refractivity contribution is 6.31. The maximum Gasteiger partial charge on any atom is 0.417 e. The fourth-order valence-electron chi connectivity index (χ4n) is 1.94. The van der Waals surface area contributed by atoms with Crippen molar-refractivity contribution in [1.82, 2.24) is 5.32 Å². The summed E-state index contributed by atoms with van der Waals surface area (Å²) in [6.45, 7) is 1.99. The lowest BCUT2D eigenvalue weighted by Crippen LogP contribution is -2.23. The summed E-state index contributed by atoms with van der Waals surface area (Å²) < 4.78 is 44.1. The van der Waals surface area contributed by atoms with E-state index in [1.54, 1.807) is 12.1 Å². The van der Waals surface area contributed by atoms with E-state index in [4.69, 9.17) is 16.0 Å². The van der Waals surface area contributed by atoms with Crippen LogP contribution in [0, 0.1) is 0 Å². The van der Waals surface area contributed by atoms with Gasteiger partial charge in [0.05, 0.1) is 10.6 Å². The van der Waals surface area contributed by atoms with Gasteiger partial charge in [-0.15, -0.1) is 0 Å². The first-order chi connectivity index (χ1) is 9.81. The molecule has 0 aliphatic rings. The van der Waals surface area contributed by atoms with E-state index in [2.05, 4.69) is 5.32 Å². The molecule has 0 aliphatic heterocycles. The van der Waals surface area contributed by atoms with Crippen molar-refractivity contribution in [2.75, 3.05) is 7.05 Å². The number of rotatable bonds is 4. The molecule has 0 saturated heterocycles. The molecule has 1 N–H and O–H groups in total. The lowest BCUT2D eigenvalue weighted by Gasteiger charge is -2.10. The van der Waals surface area contributed by atoms with Gasteiger partial charge in [0.1, 0.15) is 11.5 Å². The average Bonchev–Trinajstić information content (AvgIpc) is 2.86. The molecule has 1 unspecified atom stereocenters. The van der Waals surface area contributed by atoms with E-state index in [9.17, 15) is 13.2 Å². The standard InChI is InChI=1S/C15H15ClF3NO/c1-9(20-2)7-11-4-6-14(21-11)10-3-5-13(16)12(8-10)15(17,18)19/h3-6,8-9,20H,7H2,1-2H3. The van der Waals surface area contributed by atoms with Crippen molar-refractivity contribution in [3.05, 3.63) is 46.7 Å². The molecule has 1 aromatic carbocycles. The van der Waals surface area contributed by atoms with Crippen LogP contribution in [0.15, 0.2) is 34.7 Å². The summed E-state index contributed by atoms with van der Waals surface area (Å²) >= 11 is 5.60. The van der Waals surface area contributed by atoms with Gasteiger partial charge in [-0.3, -0.25) is 0 Å². The highest BCUT2D eigenvalue weighted by atomic mass is 35.5. The molecule has 0 saturated carbocycles. The molecule has 6 heteroatoms. The monoisotopic (exact) mass is 317 g/mol. The van der Waals surface area contributed by atoms with Crippen LogP contribution in [-0.2, 0) is 12.6 Å². The SMILES string of the molecule is CNC(C)Cc1ccc(-c2ccc(Cl)c(C(F)(F)F)c2)o1. The summed E-state index contributed by atoms with van der Waals surface area (Å²) in [5.74, 6) is 1.12. The number of nitrogens with one attached hydrogen (secondary N) is 1. The second kappa shape index (κ2) is 6.12. The Morgan fingerprint density at radius 3 is 2.57 bits per heavy atom. The van der Waals surface area contributed by atoms with Crippen molar-refractivity contribution >= 4 is 11.6 Å². The molecule has 2 aromatic rings. The van der Waals surface area contributed by atoms with Gasteiger partial charge in [-0.2, -0.15) is 13.2 Å². The largest absolute Gasteiger partial charge is 0.461 e. The summed E-state index contributed by atoms with van der Waals surface area (Å²) in [5.41, 5.74) is -0.502. The van der Waals surface area contributed by atoms with Gasteiger partial charge in [0, 0.05) is 18.0 Å². The number of halogens is 4. The van der Waals surface area contributed by atoms with Gasteiger partial charge in [0.2, 0.25) is 0 Å². The van der Waals surface area contributed by atoms with Gasteiger partial charge < -0.3 is 9.73 Å². The van der Waals surface area contributed by atoms with E-state index >= 15 is 0 Å². The van der Waals surface area contributed by atoms with Crippen LogP contribution in [0.3, 0.4) is 0 Å². The average molecular weight is 318 g/mol. The highest BCUT2D eigenvalue weighted by Crippen LogP contribution is 2.37. The highest BCUT2D eigenvalue weighted by Gasteiger charge is 2.33. The van der Waals surface area contributed by atoms with Gasteiger partial charge in [-0.25, -0.2) is 0 Å². The maximum atomic E-state index is 12.8. The number of alkyl halides is 3. The lowest BCUT2D eigenvalue weighted by atomic mass is 10.1. The molecule has 0 bridgehead atoms. The molecule has 2 nitrogen and oxygen atoms in total. The Balaban J connectivity index is 2.31. The third-order valence-electron chi connectivity index (χ3n) is 3.22. The molecular weight excluding hydrogens is 303 g/mol. The Morgan fingerprint density at radius 2 is 1.95 bits per heavy atom. The maximum absolute atomic E-state index is 12.8. The minimum atomic E-state index is -4.48. The topological polar surface area (TPSA) is 25.2 Å². The van der Waals surface area contributed by atoms with Crippen LogP contribution in [0.1, 0.15) is 18.2 Å². The van der Waals surface area contributed by atoms with Crippen molar-refractivity contribution in [2.45, 2.75) is 25.6 Å². The van der Waals surface area contributed by atoms with Crippen molar-refractivity contribution in [1.29, 1.82) is 0 Å². The first-order valence-electron chi connectivity index (χ1n) is 6.44. The number of hydrogen-bond donors (Lipinski definition) is 1. The zero-order valence-corrected chi connectivity index (χ0v) is 12.3. The van der Waals surface area contributed by atoms with Crippen LogP contribution in [0.25, 0.3) is 11.3 Å². The summed E-state index contributed by atoms with van der Waals surface area (Å²) in [6.07, 6.45) is -3.82. The van der Waals surface area contributed by atoms with Crippen LogP contribution in [-0.4, -0.2) is 13.1 Å². The zero-order valence-electron chi connectivity index (χ0n) is 11.6. The van der Waals surface area contributed by atoms with Gasteiger partial charge in [-0.1, -0.05) is 11.6 Å². The Kier molecular flexibility index (Phi) is 4.64. The number of likely N-dealkylation sites (N-methyl/N-ethyl adjacent to an activating group) is 1. The summed E-state index contributed by atoms with van der Waals surface area (Å²) in [5, 5.41) is 2.75. The fourth-order valence-corrected chi connectivity index (χ4v) is 2.17. The van der Waals surface area contributed by atoms with E-state index in [0.717, 1.165) is 11.8 Å². The van der Waals surface area contributed by atoms with Crippen molar-refractivity contribution in [2.24, 2.45) is 0 Å². The van der Waals surface area contributed by atoms with E-state index < -0.39 is 11.7 Å². The predicted molar refractivity (Wildman–Crippen MR) is 76.4 cm³/mol. The second-order valence-electron chi connectivity index (χ2n) is 4.85. The second-order valence-corrected chi connectivity index (χ2v) is 5.26. The zero-order chi connectivity index (χ0) is 15.6. The quantitative estimate of drug-likeness (QED) is 0.878. The first kappa shape index (κ1) is 15.9. The third kappa shape index (κ3) is 3.80. The van der Waals surface area contributed by atoms with Crippen LogP contribution in [0.4, 0.5) is 13.2 Å². The Labute approximate surface area is 125 Å². The lowest BCUT2D eigenvalue weighted by molar-refractivity contribution is -0.137. The summed E-state index contributed by atoms with van der Waals surface area (Å²) in [6, 6.07) is 7.42. The predicted octanol–water partition coefficient (Wildman–Crippen LogP) is 4.77. The molecule has 21 heavy (non-hydrogen) atoms. The normalized spacial score (nSPS) is 13.4. The third-order valence-corrected chi connectivity index (χ3v) is 3.55. The molecule has 0 fully saturated rings.